The summed E-state index contributed by atoms with van der Waals surface area (Å²) in [5.41, 5.74) is 0.826. The van der Waals surface area contributed by atoms with Crippen molar-refractivity contribution in [2.75, 3.05) is 13.6 Å². The predicted molar refractivity (Wildman–Crippen MR) is 85.7 cm³/mol. The molecule has 0 aromatic carbocycles. The van der Waals surface area contributed by atoms with E-state index in [1.165, 1.54) is 0 Å². The molecule has 0 aliphatic rings. The van der Waals surface area contributed by atoms with E-state index in [0.717, 1.165) is 31.5 Å². The van der Waals surface area contributed by atoms with Gasteiger partial charge >= 0.3 is 0 Å². The van der Waals surface area contributed by atoms with Crippen LogP contribution in [0.2, 0.25) is 0 Å². The summed E-state index contributed by atoms with van der Waals surface area (Å²) >= 11 is 0. The first kappa shape index (κ1) is 18.5. The zero-order valence-electron chi connectivity index (χ0n) is 13.8. The second-order valence-electron chi connectivity index (χ2n) is 5.57. The maximum Gasteiger partial charge on any atom is 0.134 e. The van der Waals surface area contributed by atoms with Gasteiger partial charge in [-0.15, -0.1) is 5.10 Å². The number of nitrogens with zero attached hydrogens (tertiary/aromatic N) is 3. The molecular weight excluding hydrogens is 280 g/mol. The molecule has 1 rings (SSSR count). The van der Waals surface area contributed by atoms with Gasteiger partial charge in [0.25, 0.3) is 0 Å². The molecule has 0 spiro atoms. The third kappa shape index (κ3) is 8.02. The van der Waals surface area contributed by atoms with Crippen LogP contribution < -0.4 is 5.32 Å². The molecule has 0 aliphatic carbocycles. The summed E-state index contributed by atoms with van der Waals surface area (Å²) in [7, 11) is 1.94. The van der Waals surface area contributed by atoms with Gasteiger partial charge in [0.05, 0.1) is 5.69 Å². The number of Topliss-reactive ketones (excluding diaryl/α,β-unsaturated/α-hetero) is 2. The largest absolute Gasteiger partial charge is 0.320 e. The monoisotopic (exact) mass is 308 g/mol. The number of ketones is 2. The second kappa shape index (κ2) is 11.1. The van der Waals surface area contributed by atoms with E-state index in [-0.39, 0.29) is 5.78 Å². The maximum atomic E-state index is 11.8. The van der Waals surface area contributed by atoms with Crippen LogP contribution in [0.15, 0.2) is 6.20 Å². The Morgan fingerprint density at radius 1 is 1.14 bits per heavy atom. The van der Waals surface area contributed by atoms with Gasteiger partial charge < -0.3 is 5.32 Å². The Kier molecular flexibility index (Phi) is 9.30. The number of aromatic nitrogens is 3. The molecule has 0 unspecified atom stereocenters. The van der Waals surface area contributed by atoms with Crippen LogP contribution in [0.4, 0.5) is 0 Å². The molecule has 1 aromatic heterocycles. The van der Waals surface area contributed by atoms with Crippen LogP contribution in [-0.2, 0) is 22.6 Å². The number of carbonyl (C=O) groups excluding carboxylic acids is 2. The third-order valence-corrected chi connectivity index (χ3v) is 3.64. The molecule has 0 saturated heterocycles. The van der Waals surface area contributed by atoms with E-state index in [2.05, 4.69) is 15.6 Å². The van der Waals surface area contributed by atoms with Crippen molar-refractivity contribution in [2.45, 2.75) is 64.8 Å². The van der Waals surface area contributed by atoms with E-state index in [9.17, 15) is 9.59 Å². The molecule has 0 radical (unpaired) electrons. The summed E-state index contributed by atoms with van der Waals surface area (Å²) in [6, 6.07) is 0. The van der Waals surface area contributed by atoms with Gasteiger partial charge in [-0.05, 0) is 32.9 Å². The van der Waals surface area contributed by atoms with E-state index in [1.807, 2.05) is 20.2 Å². The SMILES string of the molecule is CCC(=O)CCn1cc(CCC(=O)CCCCCNC)nn1. The zero-order chi connectivity index (χ0) is 16.2. The fourth-order valence-electron chi connectivity index (χ4n) is 2.17. The van der Waals surface area contributed by atoms with Crippen LogP contribution in [0.3, 0.4) is 0 Å². The first-order valence-electron chi connectivity index (χ1n) is 8.22. The lowest BCUT2D eigenvalue weighted by molar-refractivity contribution is -0.119. The Hall–Kier alpha value is -1.56. The lowest BCUT2D eigenvalue weighted by Crippen LogP contribution is -2.07. The average Bonchev–Trinajstić information content (AvgIpc) is 2.98. The number of nitrogens with one attached hydrogen (secondary N) is 1. The van der Waals surface area contributed by atoms with E-state index < -0.39 is 0 Å². The van der Waals surface area contributed by atoms with E-state index in [4.69, 9.17) is 0 Å². The number of hydrogen-bond acceptors (Lipinski definition) is 5. The lowest BCUT2D eigenvalue weighted by Gasteiger charge is -2.00. The lowest BCUT2D eigenvalue weighted by atomic mass is 10.1. The van der Waals surface area contributed by atoms with Crippen molar-refractivity contribution in [3.05, 3.63) is 11.9 Å². The van der Waals surface area contributed by atoms with Crippen LogP contribution in [0.5, 0.6) is 0 Å². The first-order chi connectivity index (χ1) is 10.7. The number of hydrogen-bond donors (Lipinski definition) is 1. The van der Waals surface area contributed by atoms with Crippen LogP contribution in [-0.4, -0.2) is 40.2 Å². The molecule has 6 nitrogen and oxygen atoms in total. The summed E-state index contributed by atoms with van der Waals surface area (Å²) < 4.78 is 1.69. The Labute approximate surface area is 132 Å². The zero-order valence-corrected chi connectivity index (χ0v) is 13.8. The van der Waals surface area contributed by atoms with Crippen molar-refractivity contribution in [3.63, 3.8) is 0 Å². The standard InChI is InChI=1S/C16H28N4O2/c1-3-15(21)10-12-20-13-14(18-19-20)8-9-16(22)7-5-4-6-11-17-2/h13,17H,3-12H2,1-2H3. The molecule has 0 amide bonds. The summed E-state index contributed by atoms with van der Waals surface area (Å²) in [6.45, 7) is 3.44. The molecule has 0 aliphatic heterocycles. The normalized spacial score (nSPS) is 10.8. The number of rotatable bonds is 13. The third-order valence-electron chi connectivity index (χ3n) is 3.64. The number of unbranched alkanes of at least 4 members (excludes halogenated alkanes) is 2. The predicted octanol–water partition coefficient (Wildman–Crippen LogP) is 1.93. The fraction of sp³-hybridized carbons (Fsp3) is 0.750. The Morgan fingerprint density at radius 2 is 1.95 bits per heavy atom. The quantitative estimate of drug-likeness (QED) is 0.563. The van der Waals surface area contributed by atoms with E-state index >= 15 is 0 Å². The van der Waals surface area contributed by atoms with Crippen LogP contribution in [0, 0.1) is 0 Å². The average molecular weight is 308 g/mol. The van der Waals surface area contributed by atoms with Crippen molar-refractivity contribution in [2.24, 2.45) is 0 Å². The fourth-order valence-corrected chi connectivity index (χ4v) is 2.17. The maximum absolute atomic E-state index is 11.8. The Balaban J connectivity index is 2.17. The number of carbonyl (C=O) groups is 2. The van der Waals surface area contributed by atoms with Crippen molar-refractivity contribution in [3.8, 4) is 0 Å². The van der Waals surface area contributed by atoms with Gasteiger partial charge in [-0.25, -0.2) is 0 Å². The van der Waals surface area contributed by atoms with Crippen molar-refractivity contribution in [1.82, 2.24) is 20.3 Å². The summed E-state index contributed by atoms with van der Waals surface area (Å²) in [5.74, 6) is 0.519. The van der Waals surface area contributed by atoms with Gasteiger partial charge in [-0.2, -0.15) is 0 Å². The van der Waals surface area contributed by atoms with E-state index in [1.54, 1.807) is 4.68 Å². The minimum atomic E-state index is 0.227. The summed E-state index contributed by atoms with van der Waals surface area (Å²) in [5, 5.41) is 11.1. The van der Waals surface area contributed by atoms with Gasteiger partial charge in [0.1, 0.15) is 11.6 Å². The molecule has 0 saturated carbocycles. The van der Waals surface area contributed by atoms with Gasteiger partial charge in [-0.1, -0.05) is 18.6 Å². The van der Waals surface area contributed by atoms with Crippen molar-refractivity contribution < 1.29 is 9.59 Å². The van der Waals surface area contributed by atoms with Gasteiger partial charge in [0.15, 0.2) is 0 Å². The molecule has 0 atom stereocenters. The van der Waals surface area contributed by atoms with Gasteiger partial charge in [0.2, 0.25) is 0 Å². The Bertz CT molecular complexity index is 457. The molecule has 1 N–H and O–H groups in total. The summed E-state index contributed by atoms with van der Waals surface area (Å²) in [6.07, 6.45) is 7.88. The van der Waals surface area contributed by atoms with Gasteiger partial charge in [-0.3, -0.25) is 14.3 Å². The minimum absolute atomic E-state index is 0.227. The molecule has 6 heteroatoms. The molecule has 1 heterocycles. The molecule has 124 valence electrons. The van der Waals surface area contributed by atoms with Crippen molar-refractivity contribution in [1.29, 1.82) is 0 Å². The van der Waals surface area contributed by atoms with E-state index in [0.29, 0.717) is 44.4 Å². The highest BCUT2D eigenvalue weighted by Gasteiger charge is 2.07. The molecule has 1 aromatic rings. The highest BCUT2D eigenvalue weighted by atomic mass is 16.1. The minimum Gasteiger partial charge on any atom is -0.320 e. The second-order valence-corrected chi connectivity index (χ2v) is 5.57. The van der Waals surface area contributed by atoms with Crippen LogP contribution in [0.25, 0.3) is 0 Å². The topological polar surface area (TPSA) is 76.9 Å². The molecular formula is C16H28N4O2. The molecule has 0 bridgehead atoms. The molecule has 22 heavy (non-hydrogen) atoms. The highest BCUT2D eigenvalue weighted by Crippen LogP contribution is 2.06. The first-order valence-corrected chi connectivity index (χ1v) is 8.22. The highest BCUT2D eigenvalue weighted by molar-refractivity contribution is 5.78. The van der Waals surface area contributed by atoms with Crippen molar-refractivity contribution >= 4 is 11.6 Å². The van der Waals surface area contributed by atoms with Gasteiger partial charge in [0, 0.05) is 38.4 Å². The molecule has 0 fully saturated rings. The smallest absolute Gasteiger partial charge is 0.134 e. The Morgan fingerprint density at radius 3 is 2.68 bits per heavy atom. The summed E-state index contributed by atoms with van der Waals surface area (Å²) in [4.78, 5) is 23.1. The number of aryl methyl sites for hydroxylation is 2. The van der Waals surface area contributed by atoms with Crippen LogP contribution >= 0.6 is 0 Å². The van der Waals surface area contributed by atoms with Crippen LogP contribution in [0.1, 0.15) is 57.6 Å².